The summed E-state index contributed by atoms with van der Waals surface area (Å²) in [6.45, 7) is 3.65. The predicted octanol–water partition coefficient (Wildman–Crippen LogP) is 2.41. The first kappa shape index (κ1) is 12.8. The lowest BCUT2D eigenvalue weighted by Gasteiger charge is -2.15. The summed E-state index contributed by atoms with van der Waals surface area (Å²) in [6.07, 6.45) is -0.967. The number of rotatable bonds is 2. The molecule has 2 aromatic rings. The van der Waals surface area contributed by atoms with Crippen molar-refractivity contribution >= 4 is 17.4 Å². The van der Waals surface area contributed by atoms with Crippen LogP contribution in [-0.4, -0.2) is 15.1 Å². The van der Waals surface area contributed by atoms with Crippen LogP contribution >= 0.6 is 11.6 Å². The first-order valence-electron chi connectivity index (χ1n) is 5.53. The van der Waals surface area contributed by atoms with Crippen LogP contribution in [0.5, 0.6) is 0 Å². The summed E-state index contributed by atoms with van der Waals surface area (Å²) in [7, 11) is 0. The van der Waals surface area contributed by atoms with Crippen molar-refractivity contribution < 1.29 is 5.11 Å². The van der Waals surface area contributed by atoms with Crippen LogP contribution in [0.2, 0.25) is 5.02 Å². The molecule has 0 amide bonds. The number of benzene rings is 1. The van der Waals surface area contributed by atoms with Gasteiger partial charge in [-0.05, 0) is 19.9 Å². The number of nitrogens with zero attached hydrogens (tertiary/aromatic N) is 2. The maximum atomic E-state index is 10.3. The highest BCUT2D eigenvalue weighted by Gasteiger charge is 2.19. The Hall–Kier alpha value is -1.65. The van der Waals surface area contributed by atoms with Crippen molar-refractivity contribution in [1.82, 2.24) is 9.97 Å². The Kier molecular flexibility index (Phi) is 3.50. The third kappa shape index (κ3) is 2.30. The first-order chi connectivity index (χ1) is 8.50. The summed E-state index contributed by atoms with van der Waals surface area (Å²) in [4.78, 5) is 8.46. The first-order valence-corrected chi connectivity index (χ1v) is 5.91. The van der Waals surface area contributed by atoms with Crippen LogP contribution in [0.1, 0.15) is 28.7 Å². The fourth-order valence-electron chi connectivity index (χ4n) is 1.68. The van der Waals surface area contributed by atoms with E-state index in [-0.39, 0.29) is 5.82 Å². The van der Waals surface area contributed by atoms with Crippen molar-refractivity contribution in [2.45, 2.75) is 20.0 Å². The second-order valence-electron chi connectivity index (χ2n) is 4.09. The van der Waals surface area contributed by atoms with Crippen LogP contribution in [-0.2, 0) is 0 Å². The van der Waals surface area contributed by atoms with Gasteiger partial charge in [-0.25, -0.2) is 9.97 Å². The molecule has 94 valence electrons. The summed E-state index contributed by atoms with van der Waals surface area (Å²) < 4.78 is 0. The number of nitrogens with two attached hydrogens (primary N) is 1. The van der Waals surface area contributed by atoms with Gasteiger partial charge >= 0.3 is 0 Å². The molecule has 4 nitrogen and oxygen atoms in total. The summed E-state index contributed by atoms with van der Waals surface area (Å²) in [5.41, 5.74) is 8.21. The lowest BCUT2D eigenvalue weighted by molar-refractivity contribution is 0.215. The Bertz CT molecular complexity index is 586. The van der Waals surface area contributed by atoms with E-state index in [9.17, 15) is 5.11 Å². The van der Waals surface area contributed by atoms with Crippen molar-refractivity contribution in [3.05, 3.63) is 51.9 Å². The number of halogens is 1. The van der Waals surface area contributed by atoms with Gasteiger partial charge in [0.15, 0.2) is 0 Å². The van der Waals surface area contributed by atoms with Crippen molar-refractivity contribution in [2.75, 3.05) is 5.73 Å². The molecule has 0 bridgehead atoms. The Morgan fingerprint density at radius 2 is 1.78 bits per heavy atom. The van der Waals surface area contributed by atoms with Crippen LogP contribution in [0.15, 0.2) is 24.3 Å². The largest absolute Gasteiger partial charge is 0.382 e. The predicted molar refractivity (Wildman–Crippen MR) is 71.4 cm³/mol. The van der Waals surface area contributed by atoms with Crippen LogP contribution in [0, 0.1) is 13.8 Å². The van der Waals surface area contributed by atoms with Gasteiger partial charge in [-0.15, -0.1) is 0 Å². The number of nitrogen functional groups attached to an aromatic ring is 1. The number of aromatic nitrogens is 2. The lowest BCUT2D eigenvalue weighted by Crippen LogP contribution is -2.11. The number of hydrogen-bond acceptors (Lipinski definition) is 4. The Morgan fingerprint density at radius 3 is 2.44 bits per heavy atom. The molecule has 1 atom stereocenters. The zero-order valence-corrected chi connectivity index (χ0v) is 10.9. The molecule has 0 radical (unpaired) electrons. The number of aryl methyl sites for hydroxylation is 2. The zero-order valence-electron chi connectivity index (χ0n) is 10.2. The number of anilines is 1. The third-order valence-electron chi connectivity index (χ3n) is 2.82. The summed E-state index contributed by atoms with van der Waals surface area (Å²) in [6, 6.07) is 7.05. The quantitative estimate of drug-likeness (QED) is 0.873. The van der Waals surface area contributed by atoms with Gasteiger partial charge in [0.2, 0.25) is 0 Å². The molecule has 0 spiro atoms. The van der Waals surface area contributed by atoms with Crippen LogP contribution < -0.4 is 5.73 Å². The zero-order chi connectivity index (χ0) is 13.3. The second kappa shape index (κ2) is 4.92. The standard InChI is InChI=1S/C13H14ClN3O/c1-7-8(2)17-13(15)11(16-7)12(18)9-5-3-4-6-10(9)14/h3-6,12,18H,1-2H3,(H2,15,17). The van der Waals surface area contributed by atoms with Crippen LogP contribution in [0.25, 0.3) is 0 Å². The van der Waals surface area contributed by atoms with Gasteiger partial charge in [-0.2, -0.15) is 0 Å². The average molecular weight is 264 g/mol. The number of aliphatic hydroxyl groups is 1. The van der Waals surface area contributed by atoms with Crippen molar-refractivity contribution in [3.63, 3.8) is 0 Å². The smallest absolute Gasteiger partial charge is 0.148 e. The molecule has 1 unspecified atom stereocenters. The van der Waals surface area contributed by atoms with Crippen molar-refractivity contribution in [3.8, 4) is 0 Å². The van der Waals surface area contributed by atoms with Crippen LogP contribution in [0.4, 0.5) is 5.82 Å². The van der Waals surface area contributed by atoms with Gasteiger partial charge in [0.1, 0.15) is 17.6 Å². The van der Waals surface area contributed by atoms with Crippen LogP contribution in [0.3, 0.4) is 0 Å². The van der Waals surface area contributed by atoms with Crippen molar-refractivity contribution in [1.29, 1.82) is 0 Å². The fourth-order valence-corrected chi connectivity index (χ4v) is 1.92. The molecular weight excluding hydrogens is 250 g/mol. The molecule has 2 rings (SSSR count). The van der Waals surface area contributed by atoms with Gasteiger partial charge < -0.3 is 10.8 Å². The fraction of sp³-hybridized carbons (Fsp3) is 0.231. The molecule has 1 aromatic heterocycles. The molecule has 1 heterocycles. The second-order valence-corrected chi connectivity index (χ2v) is 4.50. The molecule has 18 heavy (non-hydrogen) atoms. The van der Waals surface area contributed by atoms with E-state index in [0.717, 1.165) is 11.4 Å². The number of aliphatic hydroxyl groups excluding tert-OH is 1. The normalized spacial score (nSPS) is 12.4. The van der Waals surface area contributed by atoms with Gasteiger partial charge in [-0.1, -0.05) is 29.8 Å². The number of hydrogen-bond donors (Lipinski definition) is 2. The topological polar surface area (TPSA) is 72.0 Å². The molecule has 0 aliphatic carbocycles. The summed E-state index contributed by atoms with van der Waals surface area (Å²) >= 11 is 6.04. The SMILES string of the molecule is Cc1nc(N)c(C(O)c2ccccc2Cl)nc1C. The van der Waals surface area contributed by atoms with E-state index in [2.05, 4.69) is 9.97 Å². The molecule has 0 saturated carbocycles. The van der Waals surface area contributed by atoms with E-state index in [1.54, 1.807) is 24.3 Å². The van der Waals surface area contributed by atoms with E-state index < -0.39 is 6.10 Å². The minimum atomic E-state index is -0.967. The van der Waals surface area contributed by atoms with Gasteiger partial charge in [-0.3, -0.25) is 0 Å². The van der Waals surface area contributed by atoms with Crippen molar-refractivity contribution in [2.24, 2.45) is 0 Å². The van der Waals surface area contributed by atoms with E-state index in [1.165, 1.54) is 0 Å². The maximum Gasteiger partial charge on any atom is 0.148 e. The average Bonchev–Trinajstić information content (AvgIpc) is 2.33. The minimum Gasteiger partial charge on any atom is -0.382 e. The highest BCUT2D eigenvalue weighted by Crippen LogP contribution is 2.29. The molecule has 0 aliphatic rings. The lowest BCUT2D eigenvalue weighted by atomic mass is 10.1. The van der Waals surface area contributed by atoms with E-state index in [1.807, 2.05) is 13.8 Å². The Labute approximate surface area is 110 Å². The minimum absolute atomic E-state index is 0.227. The monoisotopic (exact) mass is 263 g/mol. The molecule has 1 aromatic carbocycles. The van der Waals surface area contributed by atoms with Gasteiger partial charge in [0.05, 0.1) is 11.4 Å². The summed E-state index contributed by atoms with van der Waals surface area (Å²) in [5, 5.41) is 10.8. The summed E-state index contributed by atoms with van der Waals surface area (Å²) in [5.74, 6) is 0.227. The molecule has 3 N–H and O–H groups in total. The highest BCUT2D eigenvalue weighted by molar-refractivity contribution is 6.31. The Morgan fingerprint density at radius 1 is 1.17 bits per heavy atom. The van der Waals surface area contributed by atoms with E-state index >= 15 is 0 Å². The molecular formula is C13H14ClN3O. The Balaban J connectivity index is 2.50. The molecule has 0 fully saturated rings. The van der Waals surface area contributed by atoms with Gasteiger partial charge in [0.25, 0.3) is 0 Å². The van der Waals surface area contributed by atoms with E-state index in [4.69, 9.17) is 17.3 Å². The molecule has 5 heteroatoms. The molecule has 0 saturated heterocycles. The maximum absolute atomic E-state index is 10.3. The third-order valence-corrected chi connectivity index (χ3v) is 3.17. The highest BCUT2D eigenvalue weighted by atomic mass is 35.5. The molecule has 0 aliphatic heterocycles. The van der Waals surface area contributed by atoms with Gasteiger partial charge in [0, 0.05) is 10.6 Å². The van der Waals surface area contributed by atoms with E-state index in [0.29, 0.717) is 16.3 Å².